The molecule has 2 aromatic carbocycles. The maximum atomic E-state index is 12.1. The Bertz CT molecular complexity index is 709. The molecule has 0 aliphatic heterocycles. The summed E-state index contributed by atoms with van der Waals surface area (Å²) < 4.78 is 10.9. The first-order valence-corrected chi connectivity index (χ1v) is 8.29. The second-order valence-electron chi connectivity index (χ2n) is 6.00. The number of benzene rings is 2. The van der Waals surface area contributed by atoms with Gasteiger partial charge in [0, 0.05) is 11.1 Å². The highest BCUT2D eigenvalue weighted by Gasteiger charge is 2.05. The van der Waals surface area contributed by atoms with Gasteiger partial charge in [-0.25, -0.2) is 5.43 Å². The van der Waals surface area contributed by atoms with Crippen molar-refractivity contribution < 1.29 is 14.3 Å². The molecule has 0 bridgehead atoms. The highest BCUT2D eigenvalue weighted by atomic mass is 16.5. The number of ether oxygens (including phenoxy) is 2. The number of para-hydroxylation sites is 1. The Morgan fingerprint density at radius 2 is 1.88 bits per heavy atom. The van der Waals surface area contributed by atoms with Crippen LogP contribution in [0, 0.1) is 5.92 Å². The lowest BCUT2D eigenvalue weighted by atomic mass is 10.1. The highest BCUT2D eigenvalue weighted by Crippen LogP contribution is 2.15. The minimum atomic E-state index is -0.278. The quantitative estimate of drug-likeness (QED) is 0.586. The summed E-state index contributed by atoms with van der Waals surface area (Å²) in [5.74, 6) is 1.78. The van der Waals surface area contributed by atoms with Crippen molar-refractivity contribution in [2.45, 2.75) is 20.3 Å². The van der Waals surface area contributed by atoms with Crippen molar-refractivity contribution >= 4 is 12.1 Å². The zero-order valence-corrected chi connectivity index (χ0v) is 14.9. The summed E-state index contributed by atoms with van der Waals surface area (Å²) in [5.41, 5.74) is 3.82. The number of hydrazone groups is 1. The lowest BCUT2D eigenvalue weighted by Gasteiger charge is -2.08. The first-order valence-electron chi connectivity index (χ1n) is 8.29. The van der Waals surface area contributed by atoms with E-state index in [2.05, 4.69) is 24.4 Å². The van der Waals surface area contributed by atoms with Crippen LogP contribution in [-0.2, 0) is 0 Å². The summed E-state index contributed by atoms with van der Waals surface area (Å²) in [4.78, 5) is 12.1. The lowest BCUT2D eigenvalue weighted by Crippen LogP contribution is -2.17. The van der Waals surface area contributed by atoms with E-state index < -0.39 is 0 Å². The van der Waals surface area contributed by atoms with E-state index >= 15 is 0 Å². The number of carbonyl (C=O) groups excluding carboxylic acids is 1. The predicted octanol–water partition coefficient (Wildman–Crippen LogP) is 3.88. The molecular weight excluding hydrogens is 316 g/mol. The van der Waals surface area contributed by atoms with E-state index in [-0.39, 0.29) is 5.91 Å². The van der Waals surface area contributed by atoms with Gasteiger partial charge in [0.2, 0.25) is 0 Å². The molecule has 132 valence electrons. The molecule has 0 aliphatic carbocycles. The molecule has 0 aliphatic rings. The first kappa shape index (κ1) is 18.5. The second-order valence-corrected chi connectivity index (χ2v) is 6.00. The molecule has 2 rings (SSSR count). The third kappa shape index (κ3) is 5.95. The molecular formula is C20H24N2O3. The summed E-state index contributed by atoms with van der Waals surface area (Å²) in [6.45, 7) is 4.98. The third-order valence-electron chi connectivity index (χ3n) is 3.59. The fourth-order valence-electron chi connectivity index (χ4n) is 2.11. The minimum absolute atomic E-state index is 0.278. The van der Waals surface area contributed by atoms with Gasteiger partial charge in [-0.3, -0.25) is 4.79 Å². The maximum Gasteiger partial charge on any atom is 0.271 e. The molecule has 25 heavy (non-hydrogen) atoms. The van der Waals surface area contributed by atoms with Crippen LogP contribution in [0.5, 0.6) is 11.5 Å². The molecule has 0 radical (unpaired) electrons. The number of nitrogens with one attached hydrogen (secondary N) is 1. The van der Waals surface area contributed by atoms with Crippen LogP contribution in [0.25, 0.3) is 0 Å². The average Bonchev–Trinajstić information content (AvgIpc) is 2.62. The SMILES string of the molecule is COc1ccccc1/C=N\NC(=O)c1ccc(OCCC(C)C)cc1. The molecule has 5 heteroatoms. The Morgan fingerprint density at radius 3 is 2.56 bits per heavy atom. The van der Waals surface area contributed by atoms with Gasteiger partial charge in [-0.05, 0) is 48.7 Å². The monoisotopic (exact) mass is 340 g/mol. The Morgan fingerprint density at radius 1 is 1.16 bits per heavy atom. The number of methoxy groups -OCH3 is 1. The zero-order valence-electron chi connectivity index (χ0n) is 14.9. The molecule has 0 unspecified atom stereocenters. The summed E-state index contributed by atoms with van der Waals surface area (Å²) in [5, 5.41) is 3.98. The lowest BCUT2D eigenvalue weighted by molar-refractivity contribution is 0.0955. The molecule has 2 aromatic rings. The van der Waals surface area contributed by atoms with Crippen molar-refractivity contribution in [1.82, 2.24) is 5.43 Å². The Balaban J connectivity index is 1.89. The first-order chi connectivity index (χ1) is 12.1. The van der Waals surface area contributed by atoms with Gasteiger partial charge >= 0.3 is 0 Å². The van der Waals surface area contributed by atoms with Crippen LogP contribution in [0.2, 0.25) is 0 Å². The molecule has 0 heterocycles. The van der Waals surface area contributed by atoms with E-state index in [1.54, 1.807) is 37.6 Å². The largest absolute Gasteiger partial charge is 0.496 e. The van der Waals surface area contributed by atoms with Crippen LogP contribution in [0.4, 0.5) is 0 Å². The summed E-state index contributed by atoms with van der Waals surface area (Å²) in [7, 11) is 1.59. The molecule has 0 atom stereocenters. The molecule has 0 fully saturated rings. The van der Waals surface area contributed by atoms with Gasteiger partial charge in [0.15, 0.2) is 0 Å². The normalized spacial score (nSPS) is 10.9. The summed E-state index contributed by atoms with van der Waals surface area (Å²) in [6.07, 6.45) is 2.56. The van der Waals surface area contributed by atoms with Crippen LogP contribution >= 0.6 is 0 Å². The van der Waals surface area contributed by atoms with Gasteiger partial charge in [0.1, 0.15) is 11.5 Å². The van der Waals surface area contributed by atoms with Crippen molar-refractivity contribution in [3.05, 3.63) is 59.7 Å². The number of carbonyl (C=O) groups is 1. The average molecular weight is 340 g/mol. The third-order valence-corrected chi connectivity index (χ3v) is 3.59. The zero-order chi connectivity index (χ0) is 18.1. The van der Waals surface area contributed by atoms with Gasteiger partial charge < -0.3 is 9.47 Å². The van der Waals surface area contributed by atoms with Crippen molar-refractivity contribution in [1.29, 1.82) is 0 Å². The van der Waals surface area contributed by atoms with E-state index in [1.807, 2.05) is 24.3 Å². The van der Waals surface area contributed by atoms with Crippen LogP contribution in [-0.4, -0.2) is 25.8 Å². The topological polar surface area (TPSA) is 59.9 Å². The van der Waals surface area contributed by atoms with E-state index in [1.165, 1.54) is 0 Å². The predicted molar refractivity (Wildman–Crippen MR) is 99.4 cm³/mol. The van der Waals surface area contributed by atoms with Crippen molar-refractivity contribution in [2.75, 3.05) is 13.7 Å². The fraction of sp³-hybridized carbons (Fsp3) is 0.300. The van der Waals surface area contributed by atoms with Crippen LogP contribution in [0.15, 0.2) is 53.6 Å². The molecule has 0 saturated carbocycles. The van der Waals surface area contributed by atoms with E-state index in [9.17, 15) is 4.79 Å². The molecule has 5 nitrogen and oxygen atoms in total. The van der Waals surface area contributed by atoms with E-state index in [0.29, 0.717) is 23.8 Å². The molecule has 1 N–H and O–H groups in total. The maximum absolute atomic E-state index is 12.1. The van der Waals surface area contributed by atoms with E-state index in [4.69, 9.17) is 9.47 Å². The van der Waals surface area contributed by atoms with Gasteiger partial charge in [-0.15, -0.1) is 0 Å². The Hall–Kier alpha value is -2.82. The number of nitrogens with zero attached hydrogens (tertiary/aromatic N) is 1. The summed E-state index contributed by atoms with van der Waals surface area (Å²) in [6, 6.07) is 14.5. The van der Waals surface area contributed by atoms with Crippen LogP contribution in [0.1, 0.15) is 36.2 Å². The second kappa shape index (κ2) is 9.47. The molecule has 0 spiro atoms. The van der Waals surface area contributed by atoms with Crippen LogP contribution in [0.3, 0.4) is 0 Å². The molecule has 0 saturated heterocycles. The van der Waals surface area contributed by atoms with Crippen molar-refractivity contribution in [3.63, 3.8) is 0 Å². The smallest absolute Gasteiger partial charge is 0.271 e. The number of hydrogen-bond donors (Lipinski definition) is 1. The van der Waals surface area contributed by atoms with Gasteiger partial charge in [0.05, 0.1) is 19.9 Å². The number of hydrogen-bond acceptors (Lipinski definition) is 4. The van der Waals surface area contributed by atoms with Crippen molar-refractivity contribution in [3.8, 4) is 11.5 Å². The molecule has 0 aromatic heterocycles. The van der Waals surface area contributed by atoms with Gasteiger partial charge in [-0.2, -0.15) is 5.10 Å². The van der Waals surface area contributed by atoms with Crippen molar-refractivity contribution in [2.24, 2.45) is 11.0 Å². The Kier molecular flexibility index (Phi) is 7.01. The number of amides is 1. The fourth-order valence-corrected chi connectivity index (χ4v) is 2.11. The van der Waals surface area contributed by atoms with Crippen LogP contribution < -0.4 is 14.9 Å². The highest BCUT2D eigenvalue weighted by molar-refractivity contribution is 5.95. The number of rotatable bonds is 8. The molecule has 1 amide bonds. The van der Waals surface area contributed by atoms with Gasteiger partial charge in [0.25, 0.3) is 5.91 Å². The minimum Gasteiger partial charge on any atom is -0.496 e. The summed E-state index contributed by atoms with van der Waals surface area (Å²) >= 11 is 0. The van der Waals surface area contributed by atoms with Gasteiger partial charge in [-0.1, -0.05) is 26.0 Å². The standard InChI is InChI=1S/C20H24N2O3/c1-15(2)12-13-25-18-10-8-16(9-11-18)20(23)22-21-14-17-6-4-5-7-19(17)24-3/h4-11,14-15H,12-13H2,1-3H3,(H,22,23)/b21-14-. The van der Waals surface area contributed by atoms with E-state index in [0.717, 1.165) is 17.7 Å². The Labute approximate surface area is 148 Å².